The second-order valence-electron chi connectivity index (χ2n) is 6.60. The average molecular weight is 470 g/mol. The Morgan fingerprint density at radius 1 is 1.06 bits per heavy atom. The molecule has 0 spiro atoms. The van der Waals surface area contributed by atoms with Gasteiger partial charge in [-0.25, -0.2) is 0 Å². The molecule has 0 saturated carbocycles. The Hall–Kier alpha value is -3.13. The summed E-state index contributed by atoms with van der Waals surface area (Å²) in [5.41, 5.74) is 0.493. The van der Waals surface area contributed by atoms with Crippen LogP contribution in [0.25, 0.3) is 22.4 Å². The number of benzene rings is 2. The number of furan rings is 1. The van der Waals surface area contributed by atoms with Gasteiger partial charge >= 0.3 is 0 Å². The molecule has 0 fully saturated rings. The molecule has 0 amide bonds. The zero-order valence-electron chi connectivity index (χ0n) is 15.8. The Kier molecular flexibility index (Phi) is 5.23. The topological polar surface area (TPSA) is 69.6 Å². The van der Waals surface area contributed by atoms with E-state index in [0.29, 0.717) is 42.6 Å². The molecule has 6 nitrogen and oxygen atoms in total. The smallest absolute Gasteiger partial charge is 0.291 e. The molecule has 0 aliphatic carbocycles. The van der Waals surface area contributed by atoms with Gasteiger partial charge in [0.2, 0.25) is 4.96 Å². The van der Waals surface area contributed by atoms with Crippen molar-refractivity contribution in [2.75, 3.05) is 0 Å². The number of hydrogen-bond donors (Lipinski definition) is 0. The van der Waals surface area contributed by atoms with Crippen LogP contribution in [0.5, 0.6) is 5.75 Å². The number of para-hydroxylation sites is 1. The van der Waals surface area contributed by atoms with E-state index in [1.165, 1.54) is 15.9 Å². The number of halogens is 2. The standard InChI is InChI=1S/C22H13Cl2N3O3S/c23-14-8-13(9-15(24)10-14)18-7-6-17(30-18)11-19-21(28)27-22(31-19)25-20(26-27)12-29-16-4-2-1-3-5-16/h1-11H,12H2/b19-11-. The summed E-state index contributed by atoms with van der Waals surface area (Å²) in [5.74, 6) is 2.28. The zero-order valence-corrected chi connectivity index (χ0v) is 18.1. The Bertz CT molecular complexity index is 1470. The van der Waals surface area contributed by atoms with Gasteiger partial charge < -0.3 is 9.15 Å². The van der Waals surface area contributed by atoms with Gasteiger partial charge in [-0.15, -0.1) is 5.10 Å². The maximum absolute atomic E-state index is 12.7. The summed E-state index contributed by atoms with van der Waals surface area (Å²) >= 11 is 13.4. The Balaban J connectivity index is 1.40. The van der Waals surface area contributed by atoms with Crippen molar-refractivity contribution < 1.29 is 9.15 Å². The first-order valence-electron chi connectivity index (χ1n) is 9.19. The van der Waals surface area contributed by atoms with Crippen molar-refractivity contribution in [1.82, 2.24) is 14.6 Å². The molecule has 5 aromatic rings. The SMILES string of the molecule is O=c1/c(=C/c2ccc(-c3cc(Cl)cc(Cl)c3)o2)sc2nc(COc3ccccc3)nn12. The van der Waals surface area contributed by atoms with Crippen LogP contribution in [0.2, 0.25) is 10.0 Å². The molecule has 0 unspecified atom stereocenters. The van der Waals surface area contributed by atoms with E-state index < -0.39 is 0 Å². The molecule has 0 radical (unpaired) electrons. The van der Waals surface area contributed by atoms with E-state index in [0.717, 1.165) is 5.56 Å². The number of nitrogens with zero attached hydrogens (tertiary/aromatic N) is 3. The summed E-state index contributed by atoms with van der Waals surface area (Å²) < 4.78 is 13.2. The highest BCUT2D eigenvalue weighted by molar-refractivity contribution is 7.15. The largest absolute Gasteiger partial charge is 0.486 e. The molecule has 0 saturated heterocycles. The normalized spacial score (nSPS) is 12.0. The van der Waals surface area contributed by atoms with Gasteiger partial charge in [0.05, 0.1) is 0 Å². The monoisotopic (exact) mass is 469 g/mol. The van der Waals surface area contributed by atoms with E-state index in [1.807, 2.05) is 30.3 Å². The molecular formula is C22H13Cl2N3O3S. The first-order valence-corrected chi connectivity index (χ1v) is 10.8. The lowest BCUT2D eigenvalue weighted by molar-refractivity contribution is 0.296. The summed E-state index contributed by atoms with van der Waals surface area (Å²) in [6.45, 7) is 0.181. The van der Waals surface area contributed by atoms with Crippen molar-refractivity contribution in [3.05, 3.63) is 97.2 Å². The van der Waals surface area contributed by atoms with Crippen LogP contribution < -0.4 is 14.8 Å². The minimum Gasteiger partial charge on any atom is -0.486 e. The highest BCUT2D eigenvalue weighted by Crippen LogP contribution is 2.28. The fraction of sp³-hybridized carbons (Fsp3) is 0.0455. The molecule has 0 aliphatic heterocycles. The van der Waals surface area contributed by atoms with Crippen molar-refractivity contribution >= 4 is 45.6 Å². The lowest BCUT2D eigenvalue weighted by Crippen LogP contribution is -2.23. The van der Waals surface area contributed by atoms with Crippen molar-refractivity contribution in [2.45, 2.75) is 6.61 Å². The van der Waals surface area contributed by atoms with E-state index in [1.54, 1.807) is 36.4 Å². The zero-order chi connectivity index (χ0) is 21.4. The summed E-state index contributed by atoms with van der Waals surface area (Å²) in [5, 5.41) is 5.30. The predicted molar refractivity (Wildman–Crippen MR) is 121 cm³/mol. The van der Waals surface area contributed by atoms with Crippen LogP contribution in [0.4, 0.5) is 0 Å². The van der Waals surface area contributed by atoms with Crippen LogP contribution in [-0.4, -0.2) is 14.6 Å². The van der Waals surface area contributed by atoms with Gasteiger partial charge in [0.25, 0.3) is 5.56 Å². The summed E-state index contributed by atoms with van der Waals surface area (Å²) in [6, 6.07) is 18.1. The molecular weight excluding hydrogens is 457 g/mol. The first-order chi connectivity index (χ1) is 15.0. The maximum atomic E-state index is 12.7. The molecule has 154 valence electrons. The second-order valence-corrected chi connectivity index (χ2v) is 8.48. The van der Waals surface area contributed by atoms with Crippen LogP contribution in [-0.2, 0) is 6.61 Å². The Morgan fingerprint density at radius 3 is 2.58 bits per heavy atom. The first kappa shape index (κ1) is 19.8. The lowest BCUT2D eigenvalue weighted by Gasteiger charge is -2.01. The third-order valence-electron chi connectivity index (χ3n) is 4.38. The minimum absolute atomic E-state index is 0.181. The maximum Gasteiger partial charge on any atom is 0.291 e. The quantitative estimate of drug-likeness (QED) is 0.368. The third kappa shape index (κ3) is 4.20. The van der Waals surface area contributed by atoms with Crippen molar-refractivity contribution in [1.29, 1.82) is 0 Å². The van der Waals surface area contributed by atoms with Crippen LogP contribution >= 0.6 is 34.5 Å². The molecule has 3 heterocycles. The summed E-state index contributed by atoms with van der Waals surface area (Å²) in [7, 11) is 0. The predicted octanol–water partition coefficient (Wildman–Crippen LogP) is 4.84. The van der Waals surface area contributed by atoms with Gasteiger partial charge in [-0.3, -0.25) is 4.79 Å². The molecule has 2 aromatic carbocycles. The third-order valence-corrected chi connectivity index (χ3v) is 5.78. The van der Waals surface area contributed by atoms with E-state index in [9.17, 15) is 4.79 Å². The fourth-order valence-corrected chi connectivity index (χ4v) is 4.44. The van der Waals surface area contributed by atoms with Crippen LogP contribution in [0.1, 0.15) is 11.6 Å². The highest BCUT2D eigenvalue weighted by Gasteiger charge is 2.12. The Morgan fingerprint density at radius 2 is 1.84 bits per heavy atom. The molecule has 0 aliphatic rings. The molecule has 31 heavy (non-hydrogen) atoms. The van der Waals surface area contributed by atoms with Crippen molar-refractivity contribution in [3.8, 4) is 17.1 Å². The lowest BCUT2D eigenvalue weighted by atomic mass is 10.2. The molecule has 3 aromatic heterocycles. The van der Waals surface area contributed by atoms with Gasteiger partial charge in [-0.2, -0.15) is 9.50 Å². The average Bonchev–Trinajstić information content (AvgIpc) is 3.44. The van der Waals surface area contributed by atoms with Crippen LogP contribution in [0, 0.1) is 0 Å². The molecule has 0 atom stereocenters. The minimum atomic E-state index is -0.262. The fourth-order valence-electron chi connectivity index (χ4n) is 3.01. The Labute approximate surface area is 189 Å². The number of rotatable bonds is 5. The number of aromatic nitrogens is 3. The van der Waals surface area contributed by atoms with Gasteiger partial charge in [-0.05, 0) is 42.5 Å². The number of fused-ring (bicyclic) bond motifs is 1. The molecule has 0 bridgehead atoms. The van der Waals surface area contributed by atoms with Gasteiger partial charge in [-0.1, -0.05) is 52.7 Å². The molecule has 0 N–H and O–H groups in total. The number of thiazole rings is 1. The van der Waals surface area contributed by atoms with Crippen LogP contribution in [0.3, 0.4) is 0 Å². The molecule has 5 rings (SSSR count). The molecule has 9 heteroatoms. The van der Waals surface area contributed by atoms with Gasteiger partial charge in [0, 0.05) is 21.7 Å². The van der Waals surface area contributed by atoms with Crippen molar-refractivity contribution in [3.63, 3.8) is 0 Å². The van der Waals surface area contributed by atoms with E-state index in [2.05, 4.69) is 10.1 Å². The van der Waals surface area contributed by atoms with Crippen molar-refractivity contribution in [2.24, 2.45) is 0 Å². The summed E-state index contributed by atoms with van der Waals surface area (Å²) in [4.78, 5) is 17.6. The number of ether oxygens (including phenoxy) is 1. The second kappa shape index (κ2) is 8.19. The number of hydrogen-bond acceptors (Lipinski definition) is 6. The van der Waals surface area contributed by atoms with E-state index in [-0.39, 0.29) is 12.2 Å². The van der Waals surface area contributed by atoms with Crippen LogP contribution in [0.15, 0.2) is 69.9 Å². The van der Waals surface area contributed by atoms with E-state index >= 15 is 0 Å². The summed E-state index contributed by atoms with van der Waals surface area (Å²) in [6.07, 6.45) is 1.67. The van der Waals surface area contributed by atoms with E-state index in [4.69, 9.17) is 32.4 Å². The van der Waals surface area contributed by atoms with Gasteiger partial charge in [0.15, 0.2) is 5.82 Å². The highest BCUT2D eigenvalue weighted by atomic mass is 35.5. The van der Waals surface area contributed by atoms with Gasteiger partial charge in [0.1, 0.15) is 28.4 Å².